The standard InChI is InChI=1S/C16H13FN6OS/c1-23-12(3-4-20-23)16-21-13(14(25-16)15-18-8-19-22-15)9-5-10(17)7-11(6-9)24-2/h3-8H,1-2H3,(H,18,19,22). The zero-order valence-electron chi connectivity index (χ0n) is 13.4. The van der Waals surface area contributed by atoms with Crippen molar-refractivity contribution in [3.63, 3.8) is 0 Å². The van der Waals surface area contributed by atoms with Gasteiger partial charge in [0.15, 0.2) is 5.82 Å². The Kier molecular flexibility index (Phi) is 3.77. The lowest BCUT2D eigenvalue weighted by Gasteiger charge is -2.04. The highest BCUT2D eigenvalue weighted by Crippen LogP contribution is 2.39. The molecule has 0 atom stereocenters. The van der Waals surface area contributed by atoms with Crippen LogP contribution in [0.5, 0.6) is 5.75 Å². The minimum Gasteiger partial charge on any atom is -0.497 e. The van der Waals surface area contributed by atoms with Crippen LogP contribution in [-0.2, 0) is 7.05 Å². The number of ether oxygens (including phenoxy) is 1. The maximum Gasteiger partial charge on any atom is 0.167 e. The highest BCUT2D eigenvalue weighted by Gasteiger charge is 2.20. The second-order valence-corrected chi connectivity index (χ2v) is 6.25. The number of nitrogens with zero attached hydrogens (tertiary/aromatic N) is 5. The predicted molar refractivity (Wildman–Crippen MR) is 91.6 cm³/mol. The van der Waals surface area contributed by atoms with Gasteiger partial charge in [-0.05, 0) is 18.2 Å². The summed E-state index contributed by atoms with van der Waals surface area (Å²) in [7, 11) is 3.34. The van der Waals surface area contributed by atoms with Crippen LogP contribution in [0.15, 0.2) is 36.8 Å². The van der Waals surface area contributed by atoms with Crippen molar-refractivity contribution < 1.29 is 9.13 Å². The zero-order valence-corrected chi connectivity index (χ0v) is 14.2. The minimum atomic E-state index is -0.395. The van der Waals surface area contributed by atoms with Crippen molar-refractivity contribution in [3.05, 3.63) is 42.6 Å². The van der Waals surface area contributed by atoms with Crippen LogP contribution in [-0.4, -0.2) is 37.1 Å². The number of rotatable bonds is 4. The molecular weight excluding hydrogens is 343 g/mol. The van der Waals surface area contributed by atoms with Gasteiger partial charge in [0.05, 0.1) is 23.4 Å². The fourth-order valence-electron chi connectivity index (χ4n) is 2.50. The molecule has 3 heterocycles. The summed E-state index contributed by atoms with van der Waals surface area (Å²) in [5.41, 5.74) is 2.07. The van der Waals surface area contributed by atoms with E-state index in [1.807, 2.05) is 13.1 Å². The third-order valence-corrected chi connectivity index (χ3v) is 4.76. The van der Waals surface area contributed by atoms with E-state index in [0.717, 1.165) is 15.6 Å². The number of aromatic amines is 1. The lowest BCUT2D eigenvalue weighted by molar-refractivity contribution is 0.411. The molecule has 0 saturated carbocycles. The molecule has 7 nitrogen and oxygen atoms in total. The Balaban J connectivity index is 1.93. The maximum atomic E-state index is 14.0. The summed E-state index contributed by atoms with van der Waals surface area (Å²) < 4.78 is 20.9. The molecule has 0 aliphatic heterocycles. The van der Waals surface area contributed by atoms with E-state index in [4.69, 9.17) is 9.72 Å². The lowest BCUT2D eigenvalue weighted by Crippen LogP contribution is -1.93. The summed E-state index contributed by atoms with van der Waals surface area (Å²) in [6.07, 6.45) is 3.13. The molecule has 0 fully saturated rings. The van der Waals surface area contributed by atoms with Crippen molar-refractivity contribution >= 4 is 11.3 Å². The molecule has 4 aromatic rings. The van der Waals surface area contributed by atoms with Crippen molar-refractivity contribution in [1.82, 2.24) is 29.9 Å². The molecule has 0 unspecified atom stereocenters. The van der Waals surface area contributed by atoms with Gasteiger partial charge < -0.3 is 4.74 Å². The number of aromatic nitrogens is 6. The van der Waals surface area contributed by atoms with E-state index in [2.05, 4.69) is 20.3 Å². The average Bonchev–Trinajstić information content (AvgIpc) is 3.33. The van der Waals surface area contributed by atoms with Gasteiger partial charge in [0.2, 0.25) is 0 Å². The highest BCUT2D eigenvalue weighted by atomic mass is 32.1. The molecule has 9 heteroatoms. The Labute approximate surface area is 146 Å². The van der Waals surface area contributed by atoms with Crippen LogP contribution in [0.2, 0.25) is 0 Å². The summed E-state index contributed by atoms with van der Waals surface area (Å²) in [5, 5.41) is 11.7. The van der Waals surface area contributed by atoms with Crippen molar-refractivity contribution in [1.29, 1.82) is 0 Å². The van der Waals surface area contributed by atoms with Crippen molar-refractivity contribution in [2.75, 3.05) is 7.11 Å². The smallest absolute Gasteiger partial charge is 0.167 e. The normalized spacial score (nSPS) is 11.0. The molecule has 0 aliphatic carbocycles. The summed E-state index contributed by atoms with van der Waals surface area (Å²) in [6.45, 7) is 0. The zero-order chi connectivity index (χ0) is 17.4. The number of hydrogen-bond donors (Lipinski definition) is 1. The van der Waals surface area contributed by atoms with Crippen molar-refractivity contribution in [3.8, 4) is 38.4 Å². The monoisotopic (exact) mass is 356 g/mol. The molecule has 0 aliphatic rings. The van der Waals surface area contributed by atoms with E-state index in [1.54, 1.807) is 16.9 Å². The van der Waals surface area contributed by atoms with Gasteiger partial charge in [0, 0.05) is 24.9 Å². The van der Waals surface area contributed by atoms with Crippen LogP contribution in [0.3, 0.4) is 0 Å². The highest BCUT2D eigenvalue weighted by molar-refractivity contribution is 7.18. The van der Waals surface area contributed by atoms with Gasteiger partial charge in [-0.2, -0.15) is 10.2 Å². The van der Waals surface area contributed by atoms with E-state index < -0.39 is 5.82 Å². The van der Waals surface area contributed by atoms with E-state index in [9.17, 15) is 4.39 Å². The van der Waals surface area contributed by atoms with Gasteiger partial charge in [-0.3, -0.25) is 9.78 Å². The van der Waals surface area contributed by atoms with Crippen LogP contribution < -0.4 is 4.74 Å². The number of H-pyrrole nitrogens is 1. The van der Waals surface area contributed by atoms with Gasteiger partial charge in [0.25, 0.3) is 0 Å². The largest absolute Gasteiger partial charge is 0.497 e. The number of hydrogen-bond acceptors (Lipinski definition) is 6. The number of nitrogens with one attached hydrogen (secondary N) is 1. The fraction of sp³-hybridized carbons (Fsp3) is 0.125. The van der Waals surface area contributed by atoms with E-state index in [-0.39, 0.29) is 0 Å². The molecule has 0 bridgehead atoms. The van der Waals surface area contributed by atoms with Crippen LogP contribution >= 0.6 is 11.3 Å². The predicted octanol–water partition coefficient (Wildman–Crippen LogP) is 3.14. The Morgan fingerprint density at radius 3 is 2.84 bits per heavy atom. The van der Waals surface area contributed by atoms with Crippen molar-refractivity contribution in [2.24, 2.45) is 7.05 Å². The molecule has 126 valence electrons. The molecule has 0 radical (unpaired) electrons. The Morgan fingerprint density at radius 2 is 2.16 bits per heavy atom. The molecule has 0 amide bonds. The minimum absolute atomic E-state index is 0.395. The number of aryl methyl sites for hydroxylation is 1. The van der Waals surface area contributed by atoms with E-state index >= 15 is 0 Å². The molecule has 25 heavy (non-hydrogen) atoms. The van der Waals surface area contributed by atoms with Crippen molar-refractivity contribution in [2.45, 2.75) is 0 Å². The summed E-state index contributed by atoms with van der Waals surface area (Å²) in [6, 6.07) is 6.36. The summed E-state index contributed by atoms with van der Waals surface area (Å²) in [4.78, 5) is 9.68. The van der Waals surface area contributed by atoms with Gasteiger partial charge in [0.1, 0.15) is 22.9 Å². The Bertz CT molecular complexity index is 1020. The Hall–Kier alpha value is -3.07. The third kappa shape index (κ3) is 2.78. The number of benzene rings is 1. The topological polar surface area (TPSA) is 81.5 Å². The number of halogens is 1. The summed E-state index contributed by atoms with van der Waals surface area (Å²) in [5.74, 6) is 0.603. The average molecular weight is 356 g/mol. The van der Waals surface area contributed by atoms with E-state index in [0.29, 0.717) is 22.8 Å². The molecule has 4 rings (SSSR count). The molecule has 1 aromatic carbocycles. The first-order valence-corrected chi connectivity index (χ1v) is 8.17. The molecule has 1 N–H and O–H groups in total. The lowest BCUT2D eigenvalue weighted by atomic mass is 10.1. The quantitative estimate of drug-likeness (QED) is 0.607. The summed E-state index contributed by atoms with van der Waals surface area (Å²) >= 11 is 1.43. The molecule has 0 spiro atoms. The molecule has 3 aromatic heterocycles. The van der Waals surface area contributed by atoms with Gasteiger partial charge in [-0.15, -0.1) is 11.3 Å². The van der Waals surface area contributed by atoms with E-state index in [1.165, 1.54) is 36.9 Å². The van der Waals surface area contributed by atoms with Gasteiger partial charge >= 0.3 is 0 Å². The number of thiazole rings is 1. The Morgan fingerprint density at radius 1 is 1.28 bits per heavy atom. The first-order chi connectivity index (χ1) is 12.2. The van der Waals surface area contributed by atoms with Crippen LogP contribution in [0.4, 0.5) is 4.39 Å². The second-order valence-electron chi connectivity index (χ2n) is 5.25. The first kappa shape index (κ1) is 15.5. The molecular formula is C16H13FN6OS. The van der Waals surface area contributed by atoms with Crippen LogP contribution in [0.25, 0.3) is 32.7 Å². The first-order valence-electron chi connectivity index (χ1n) is 7.35. The van der Waals surface area contributed by atoms with Gasteiger partial charge in [-0.25, -0.2) is 14.4 Å². The second kappa shape index (κ2) is 6.10. The van der Waals surface area contributed by atoms with Gasteiger partial charge in [-0.1, -0.05) is 0 Å². The van der Waals surface area contributed by atoms with Crippen LogP contribution in [0.1, 0.15) is 0 Å². The fourth-order valence-corrected chi connectivity index (χ4v) is 3.59. The molecule has 0 saturated heterocycles. The number of methoxy groups -OCH3 is 1. The van der Waals surface area contributed by atoms with Crippen LogP contribution in [0, 0.1) is 5.82 Å². The SMILES string of the molecule is COc1cc(F)cc(-c2nc(-c3ccnn3C)sc2-c2ncn[nH]2)c1. The third-order valence-electron chi connectivity index (χ3n) is 3.68. The maximum absolute atomic E-state index is 14.0.